The molecule has 0 bridgehead atoms. The number of aromatic nitrogens is 1. The standard InChI is InChI=1S/C13H15N5O2/c1-10(2)9-17(5-3-4-14)13-11(7-15)6-12(8-16-13)18(19)20/h6,8,10H,3,5,9H2,1-2H3. The van der Waals surface area contributed by atoms with Crippen molar-refractivity contribution in [2.75, 3.05) is 18.0 Å². The highest BCUT2D eigenvalue weighted by Crippen LogP contribution is 2.22. The molecule has 0 saturated carbocycles. The van der Waals surface area contributed by atoms with Crippen LogP contribution in [0.3, 0.4) is 0 Å². The van der Waals surface area contributed by atoms with E-state index < -0.39 is 4.92 Å². The largest absolute Gasteiger partial charge is 0.354 e. The van der Waals surface area contributed by atoms with Crippen LogP contribution in [0.5, 0.6) is 0 Å². The molecule has 0 aliphatic carbocycles. The number of hydrogen-bond donors (Lipinski definition) is 0. The zero-order valence-electron chi connectivity index (χ0n) is 11.4. The van der Waals surface area contributed by atoms with Crippen LogP contribution in [0.15, 0.2) is 12.3 Å². The van der Waals surface area contributed by atoms with Gasteiger partial charge in [-0.1, -0.05) is 13.8 Å². The maximum Gasteiger partial charge on any atom is 0.289 e. The molecule has 0 unspecified atom stereocenters. The van der Waals surface area contributed by atoms with Gasteiger partial charge in [-0.25, -0.2) is 4.98 Å². The molecule has 104 valence electrons. The van der Waals surface area contributed by atoms with Gasteiger partial charge in [-0.3, -0.25) is 10.1 Å². The first-order valence-corrected chi connectivity index (χ1v) is 6.16. The predicted octanol–water partition coefficient (Wildman–Crippen LogP) is 2.24. The zero-order chi connectivity index (χ0) is 15.1. The second-order valence-electron chi connectivity index (χ2n) is 4.68. The van der Waals surface area contributed by atoms with Crippen LogP contribution in [-0.4, -0.2) is 23.0 Å². The first kappa shape index (κ1) is 15.4. The molecule has 0 aliphatic heterocycles. The lowest BCUT2D eigenvalue weighted by atomic mass is 10.1. The van der Waals surface area contributed by atoms with E-state index in [4.69, 9.17) is 10.5 Å². The van der Waals surface area contributed by atoms with Crippen LogP contribution in [0.25, 0.3) is 0 Å². The van der Waals surface area contributed by atoms with Crippen molar-refractivity contribution in [1.29, 1.82) is 10.5 Å². The van der Waals surface area contributed by atoms with Crippen LogP contribution in [0.4, 0.5) is 11.5 Å². The fourth-order valence-electron chi connectivity index (χ4n) is 1.79. The van der Waals surface area contributed by atoms with Gasteiger partial charge in [0.05, 0.1) is 17.4 Å². The lowest BCUT2D eigenvalue weighted by Crippen LogP contribution is -2.30. The molecule has 1 heterocycles. The molecule has 7 heteroatoms. The molecule has 0 fully saturated rings. The van der Waals surface area contributed by atoms with E-state index in [1.54, 1.807) is 0 Å². The van der Waals surface area contributed by atoms with Crippen LogP contribution in [-0.2, 0) is 0 Å². The highest BCUT2D eigenvalue weighted by atomic mass is 16.6. The van der Waals surface area contributed by atoms with Crippen LogP contribution < -0.4 is 4.90 Å². The second-order valence-corrected chi connectivity index (χ2v) is 4.68. The molecule has 0 saturated heterocycles. The van der Waals surface area contributed by atoms with Gasteiger partial charge in [0.2, 0.25) is 0 Å². The SMILES string of the molecule is CC(C)CN(CCC#N)c1ncc([N+](=O)[O-])cc1C#N. The van der Waals surface area contributed by atoms with E-state index in [0.29, 0.717) is 31.2 Å². The topological polar surface area (TPSA) is 107 Å². The molecule has 0 amide bonds. The molecular weight excluding hydrogens is 258 g/mol. The molecule has 1 rings (SSSR count). The molecule has 1 aromatic rings. The van der Waals surface area contributed by atoms with Crippen LogP contribution in [0.2, 0.25) is 0 Å². The van der Waals surface area contributed by atoms with Crippen molar-refractivity contribution >= 4 is 11.5 Å². The summed E-state index contributed by atoms with van der Waals surface area (Å²) in [4.78, 5) is 16.0. The van der Waals surface area contributed by atoms with E-state index >= 15 is 0 Å². The van der Waals surface area contributed by atoms with Gasteiger partial charge in [0.1, 0.15) is 23.6 Å². The molecule has 0 aliphatic rings. The van der Waals surface area contributed by atoms with E-state index in [-0.39, 0.29) is 11.3 Å². The minimum atomic E-state index is -0.584. The molecule has 0 atom stereocenters. The van der Waals surface area contributed by atoms with Gasteiger partial charge in [-0.05, 0) is 5.92 Å². The Morgan fingerprint density at radius 2 is 2.20 bits per heavy atom. The van der Waals surface area contributed by atoms with Crippen molar-refractivity contribution in [3.05, 3.63) is 27.9 Å². The average Bonchev–Trinajstić information content (AvgIpc) is 2.42. The first-order valence-electron chi connectivity index (χ1n) is 6.16. The number of nitro groups is 1. The summed E-state index contributed by atoms with van der Waals surface area (Å²) < 4.78 is 0. The van der Waals surface area contributed by atoms with E-state index in [2.05, 4.69) is 4.98 Å². The number of rotatable bonds is 6. The van der Waals surface area contributed by atoms with Crippen molar-refractivity contribution in [3.63, 3.8) is 0 Å². The molecule has 0 spiro atoms. The second kappa shape index (κ2) is 7.05. The normalized spacial score (nSPS) is 9.85. The van der Waals surface area contributed by atoms with Gasteiger partial charge in [0.25, 0.3) is 5.69 Å². The summed E-state index contributed by atoms with van der Waals surface area (Å²) in [5, 5.41) is 28.5. The Balaban J connectivity index is 3.15. The predicted molar refractivity (Wildman–Crippen MR) is 72.9 cm³/mol. The minimum absolute atomic E-state index is 0.151. The molecule has 1 aromatic heterocycles. The van der Waals surface area contributed by atoms with Crippen molar-refractivity contribution in [3.8, 4) is 12.1 Å². The Morgan fingerprint density at radius 3 is 2.70 bits per heavy atom. The summed E-state index contributed by atoms with van der Waals surface area (Å²) >= 11 is 0. The molecular formula is C13H15N5O2. The third kappa shape index (κ3) is 3.92. The Hall–Kier alpha value is -2.67. The maximum atomic E-state index is 10.7. The number of anilines is 1. The highest BCUT2D eigenvalue weighted by molar-refractivity contribution is 5.57. The van der Waals surface area contributed by atoms with Crippen molar-refractivity contribution in [2.24, 2.45) is 5.92 Å². The van der Waals surface area contributed by atoms with Gasteiger partial charge in [0, 0.05) is 19.2 Å². The number of hydrogen-bond acceptors (Lipinski definition) is 6. The summed E-state index contributed by atoms with van der Waals surface area (Å²) in [6, 6.07) is 5.19. The Kier molecular flexibility index (Phi) is 5.42. The maximum absolute atomic E-state index is 10.7. The van der Waals surface area contributed by atoms with Crippen LogP contribution >= 0.6 is 0 Å². The number of nitriles is 2. The summed E-state index contributed by atoms with van der Waals surface area (Å²) in [7, 11) is 0. The van der Waals surface area contributed by atoms with E-state index in [1.165, 1.54) is 6.07 Å². The van der Waals surface area contributed by atoms with E-state index in [0.717, 1.165) is 6.20 Å². The van der Waals surface area contributed by atoms with Crippen molar-refractivity contribution < 1.29 is 4.92 Å². The summed E-state index contributed by atoms with van der Waals surface area (Å²) in [5.74, 6) is 0.708. The fourth-order valence-corrected chi connectivity index (χ4v) is 1.79. The van der Waals surface area contributed by atoms with Crippen LogP contribution in [0.1, 0.15) is 25.8 Å². The molecule has 0 aromatic carbocycles. The lowest BCUT2D eigenvalue weighted by molar-refractivity contribution is -0.385. The quantitative estimate of drug-likeness (QED) is 0.581. The van der Waals surface area contributed by atoms with Crippen LogP contribution in [0, 0.1) is 38.7 Å². The number of nitrogens with zero attached hydrogens (tertiary/aromatic N) is 5. The van der Waals surface area contributed by atoms with Gasteiger partial charge in [-0.2, -0.15) is 10.5 Å². The third-order valence-corrected chi connectivity index (χ3v) is 2.56. The number of pyridine rings is 1. The van der Waals surface area contributed by atoms with Crippen molar-refractivity contribution in [1.82, 2.24) is 4.98 Å². The first-order chi connectivity index (χ1) is 9.49. The monoisotopic (exact) mass is 273 g/mol. The lowest BCUT2D eigenvalue weighted by Gasteiger charge is -2.25. The molecule has 0 N–H and O–H groups in total. The summed E-state index contributed by atoms with van der Waals surface area (Å²) in [6.07, 6.45) is 1.44. The Labute approximate surface area is 117 Å². The summed E-state index contributed by atoms with van der Waals surface area (Å²) in [6.45, 7) is 5.09. The van der Waals surface area contributed by atoms with Gasteiger partial charge in [-0.15, -0.1) is 0 Å². The Bertz CT molecular complexity index is 571. The Morgan fingerprint density at radius 1 is 1.50 bits per heavy atom. The summed E-state index contributed by atoms with van der Waals surface area (Å²) in [5.41, 5.74) is -0.0622. The van der Waals surface area contributed by atoms with Gasteiger partial charge < -0.3 is 4.90 Å². The zero-order valence-corrected chi connectivity index (χ0v) is 11.4. The minimum Gasteiger partial charge on any atom is -0.354 e. The average molecular weight is 273 g/mol. The van der Waals surface area contributed by atoms with E-state index in [1.807, 2.05) is 30.9 Å². The molecule has 7 nitrogen and oxygen atoms in total. The van der Waals surface area contributed by atoms with E-state index in [9.17, 15) is 10.1 Å². The molecule has 0 radical (unpaired) electrons. The van der Waals surface area contributed by atoms with Gasteiger partial charge in [0.15, 0.2) is 0 Å². The third-order valence-electron chi connectivity index (χ3n) is 2.56. The van der Waals surface area contributed by atoms with Crippen molar-refractivity contribution in [2.45, 2.75) is 20.3 Å². The highest BCUT2D eigenvalue weighted by Gasteiger charge is 2.18. The fraction of sp³-hybridized carbons (Fsp3) is 0.462. The molecule has 20 heavy (non-hydrogen) atoms. The smallest absolute Gasteiger partial charge is 0.289 e. The van der Waals surface area contributed by atoms with Gasteiger partial charge >= 0.3 is 0 Å².